The molecule has 2 heterocycles. The summed E-state index contributed by atoms with van der Waals surface area (Å²) in [5.41, 5.74) is 2.65. The van der Waals surface area contributed by atoms with Crippen LogP contribution < -0.4 is 5.32 Å². The molecule has 4 aromatic rings. The molecule has 1 N–H and O–H groups in total. The number of fused-ring (bicyclic) bond motifs is 2. The first-order chi connectivity index (χ1) is 11.6. The minimum atomic E-state index is -0.312. The van der Waals surface area contributed by atoms with Crippen molar-refractivity contribution in [1.82, 2.24) is 9.97 Å². The van der Waals surface area contributed by atoms with Crippen LogP contribution in [0.1, 0.15) is 24.3 Å². The second kappa shape index (κ2) is 5.60. The van der Waals surface area contributed by atoms with Crippen molar-refractivity contribution in [2.75, 3.05) is 5.32 Å². The van der Waals surface area contributed by atoms with Gasteiger partial charge in [0.2, 0.25) is 0 Å². The quantitative estimate of drug-likeness (QED) is 0.577. The highest BCUT2D eigenvalue weighted by Crippen LogP contribution is 2.31. The Bertz CT molecular complexity index is 1040. The number of hydrogen-bond acceptors (Lipinski definition) is 4. The van der Waals surface area contributed by atoms with Crippen LogP contribution in [0.3, 0.4) is 0 Å². The molecule has 0 aliphatic rings. The molecule has 4 rings (SSSR count). The Labute approximate surface area is 138 Å². The predicted molar refractivity (Wildman–Crippen MR) is 92.5 cm³/mol. The second-order valence-corrected chi connectivity index (χ2v) is 5.84. The van der Waals surface area contributed by atoms with Gasteiger partial charge in [-0.15, -0.1) is 0 Å². The van der Waals surface area contributed by atoms with Crippen LogP contribution >= 0.6 is 0 Å². The molecule has 24 heavy (non-hydrogen) atoms. The smallest absolute Gasteiger partial charge is 0.137 e. The largest absolute Gasteiger partial charge is 0.459 e. The van der Waals surface area contributed by atoms with Gasteiger partial charge in [0.05, 0.1) is 11.6 Å². The Morgan fingerprint density at radius 3 is 2.75 bits per heavy atom. The minimum absolute atomic E-state index is 0.112. The SMILES string of the molecule is Cc1c([C@@H](C)Nc2ncnc3ccc(F)cc23)oc2ccccc12. The maximum atomic E-state index is 13.6. The zero-order chi connectivity index (χ0) is 16.7. The molecule has 0 aliphatic heterocycles. The highest BCUT2D eigenvalue weighted by Gasteiger charge is 2.17. The molecule has 4 nitrogen and oxygen atoms in total. The first-order valence-electron chi connectivity index (χ1n) is 7.78. The first kappa shape index (κ1) is 14.6. The van der Waals surface area contributed by atoms with E-state index in [1.807, 2.05) is 38.1 Å². The van der Waals surface area contributed by atoms with E-state index in [1.165, 1.54) is 18.5 Å². The Morgan fingerprint density at radius 1 is 1.08 bits per heavy atom. The Hall–Kier alpha value is -2.95. The Kier molecular flexibility index (Phi) is 3.41. The van der Waals surface area contributed by atoms with E-state index in [-0.39, 0.29) is 11.9 Å². The summed E-state index contributed by atoms with van der Waals surface area (Å²) < 4.78 is 19.6. The van der Waals surface area contributed by atoms with Crippen LogP contribution in [0.5, 0.6) is 0 Å². The van der Waals surface area contributed by atoms with Crippen molar-refractivity contribution in [3.05, 3.63) is 65.9 Å². The van der Waals surface area contributed by atoms with Gasteiger partial charge in [0.1, 0.15) is 29.3 Å². The Balaban J connectivity index is 1.74. The van der Waals surface area contributed by atoms with Gasteiger partial charge in [0, 0.05) is 16.3 Å². The number of aromatic nitrogens is 2. The normalized spacial score (nSPS) is 12.6. The van der Waals surface area contributed by atoms with Gasteiger partial charge < -0.3 is 9.73 Å². The van der Waals surface area contributed by atoms with Crippen molar-refractivity contribution < 1.29 is 8.81 Å². The van der Waals surface area contributed by atoms with Gasteiger partial charge in [-0.25, -0.2) is 14.4 Å². The fourth-order valence-electron chi connectivity index (χ4n) is 3.02. The van der Waals surface area contributed by atoms with Crippen LogP contribution in [0.2, 0.25) is 0 Å². The molecule has 0 spiro atoms. The van der Waals surface area contributed by atoms with Crippen LogP contribution in [-0.4, -0.2) is 9.97 Å². The molecule has 0 saturated heterocycles. The summed E-state index contributed by atoms with van der Waals surface area (Å²) in [6.07, 6.45) is 1.47. The molecule has 0 bridgehead atoms. The zero-order valence-electron chi connectivity index (χ0n) is 13.4. The minimum Gasteiger partial charge on any atom is -0.459 e. The molecule has 0 amide bonds. The van der Waals surface area contributed by atoms with Crippen molar-refractivity contribution in [3.8, 4) is 0 Å². The topological polar surface area (TPSA) is 51.0 Å². The maximum Gasteiger partial charge on any atom is 0.137 e. The van der Waals surface area contributed by atoms with Crippen LogP contribution in [0.25, 0.3) is 21.9 Å². The number of nitrogens with zero attached hydrogens (tertiary/aromatic N) is 2. The number of para-hydroxylation sites is 1. The number of halogens is 1. The summed E-state index contributed by atoms with van der Waals surface area (Å²) in [5.74, 6) is 1.12. The first-order valence-corrected chi connectivity index (χ1v) is 7.78. The lowest BCUT2D eigenvalue weighted by Gasteiger charge is -2.14. The molecule has 5 heteroatoms. The number of hydrogen-bond donors (Lipinski definition) is 1. The third-order valence-electron chi connectivity index (χ3n) is 4.22. The van der Waals surface area contributed by atoms with Gasteiger partial charge in [-0.1, -0.05) is 18.2 Å². The lowest BCUT2D eigenvalue weighted by atomic mass is 10.1. The number of benzene rings is 2. The second-order valence-electron chi connectivity index (χ2n) is 5.84. The third-order valence-corrected chi connectivity index (χ3v) is 4.22. The molecule has 0 saturated carbocycles. The van der Waals surface area contributed by atoms with E-state index in [0.717, 1.165) is 22.3 Å². The van der Waals surface area contributed by atoms with Crippen LogP contribution in [0.4, 0.5) is 10.2 Å². The van der Waals surface area contributed by atoms with Crippen LogP contribution in [0.15, 0.2) is 53.2 Å². The van der Waals surface area contributed by atoms with Gasteiger partial charge in [0.25, 0.3) is 0 Å². The third kappa shape index (κ3) is 2.38. The van der Waals surface area contributed by atoms with Gasteiger partial charge >= 0.3 is 0 Å². The van der Waals surface area contributed by atoms with Crippen molar-refractivity contribution in [2.45, 2.75) is 19.9 Å². The van der Waals surface area contributed by atoms with Crippen molar-refractivity contribution >= 4 is 27.7 Å². The van der Waals surface area contributed by atoms with E-state index < -0.39 is 0 Å². The molecular formula is C19H16FN3O. The highest BCUT2D eigenvalue weighted by atomic mass is 19.1. The molecule has 0 fully saturated rings. The molecule has 0 aliphatic carbocycles. The molecule has 2 aromatic carbocycles. The molecule has 120 valence electrons. The summed E-state index contributed by atoms with van der Waals surface area (Å²) in [4.78, 5) is 8.44. The summed E-state index contributed by atoms with van der Waals surface area (Å²) >= 11 is 0. The monoisotopic (exact) mass is 321 g/mol. The lowest BCUT2D eigenvalue weighted by Crippen LogP contribution is -2.09. The van der Waals surface area contributed by atoms with Gasteiger partial charge in [-0.05, 0) is 38.1 Å². The Morgan fingerprint density at radius 2 is 1.92 bits per heavy atom. The van der Waals surface area contributed by atoms with E-state index in [1.54, 1.807) is 6.07 Å². The van der Waals surface area contributed by atoms with Crippen molar-refractivity contribution in [2.24, 2.45) is 0 Å². The van der Waals surface area contributed by atoms with Crippen LogP contribution in [-0.2, 0) is 0 Å². The highest BCUT2D eigenvalue weighted by molar-refractivity contribution is 5.89. The van der Waals surface area contributed by atoms with Crippen molar-refractivity contribution in [3.63, 3.8) is 0 Å². The number of aryl methyl sites for hydroxylation is 1. The fraction of sp³-hybridized carbons (Fsp3) is 0.158. The van der Waals surface area contributed by atoms with E-state index in [9.17, 15) is 4.39 Å². The number of rotatable bonds is 3. The van der Waals surface area contributed by atoms with E-state index >= 15 is 0 Å². The maximum absolute atomic E-state index is 13.6. The fourth-order valence-corrected chi connectivity index (χ4v) is 3.02. The summed E-state index contributed by atoms with van der Waals surface area (Å²) in [6.45, 7) is 4.04. The van der Waals surface area contributed by atoms with E-state index in [2.05, 4.69) is 15.3 Å². The lowest BCUT2D eigenvalue weighted by molar-refractivity contribution is 0.522. The number of nitrogens with one attached hydrogen (secondary N) is 1. The molecular weight excluding hydrogens is 305 g/mol. The average molecular weight is 321 g/mol. The standard InChI is InChI=1S/C19H16FN3O/c1-11-14-5-3-4-6-17(14)24-18(11)12(2)23-19-15-9-13(20)7-8-16(15)21-10-22-19/h3-10,12H,1-2H3,(H,21,22,23)/t12-/m1/s1. The van der Waals surface area contributed by atoms with Gasteiger partial charge in [-0.3, -0.25) is 0 Å². The average Bonchev–Trinajstić information content (AvgIpc) is 2.93. The van der Waals surface area contributed by atoms with Gasteiger partial charge in [0.15, 0.2) is 0 Å². The predicted octanol–water partition coefficient (Wildman–Crippen LogP) is 5.00. The summed E-state index contributed by atoms with van der Waals surface area (Å²) in [6, 6.07) is 12.3. The number of anilines is 1. The van der Waals surface area contributed by atoms with Gasteiger partial charge in [-0.2, -0.15) is 0 Å². The van der Waals surface area contributed by atoms with Crippen molar-refractivity contribution in [1.29, 1.82) is 0 Å². The summed E-state index contributed by atoms with van der Waals surface area (Å²) in [5, 5.41) is 5.07. The zero-order valence-corrected chi connectivity index (χ0v) is 13.4. The molecule has 0 unspecified atom stereocenters. The van der Waals surface area contributed by atoms with E-state index in [4.69, 9.17) is 4.42 Å². The molecule has 2 aromatic heterocycles. The van der Waals surface area contributed by atoms with Crippen LogP contribution in [0, 0.1) is 12.7 Å². The van der Waals surface area contributed by atoms with E-state index in [0.29, 0.717) is 16.7 Å². The molecule has 1 atom stereocenters. The molecule has 0 radical (unpaired) electrons. The number of furan rings is 1. The summed E-state index contributed by atoms with van der Waals surface area (Å²) in [7, 11) is 0.